The van der Waals surface area contributed by atoms with Crippen LogP contribution in [0.25, 0.3) is 0 Å². The van der Waals surface area contributed by atoms with E-state index in [1.807, 2.05) is 26.8 Å². The van der Waals surface area contributed by atoms with Crippen molar-refractivity contribution < 1.29 is 4.79 Å². The highest BCUT2D eigenvalue weighted by atomic mass is 79.9. The summed E-state index contributed by atoms with van der Waals surface area (Å²) in [6.45, 7) is 10.1. The predicted molar refractivity (Wildman–Crippen MR) is 113 cm³/mol. The Morgan fingerprint density at radius 3 is 2.31 bits per heavy atom. The van der Waals surface area contributed by atoms with Gasteiger partial charge in [-0.15, -0.1) is 0 Å². The van der Waals surface area contributed by atoms with Crippen LogP contribution in [-0.4, -0.2) is 10.9 Å². The van der Waals surface area contributed by atoms with E-state index in [-0.39, 0.29) is 5.91 Å². The number of hydrogen-bond acceptors (Lipinski definition) is 2. The summed E-state index contributed by atoms with van der Waals surface area (Å²) in [7, 11) is 0. The summed E-state index contributed by atoms with van der Waals surface area (Å²) < 4.78 is 0.838. The SMILES string of the molecule is C/C=C/Cc1c(C)nc(C)c(C(=O)Nc2c(CC)cccc2CC)c1Br. The van der Waals surface area contributed by atoms with E-state index in [0.29, 0.717) is 5.56 Å². The third-order valence-corrected chi connectivity index (χ3v) is 5.52. The molecule has 1 N–H and O–H groups in total. The fourth-order valence-electron chi connectivity index (χ4n) is 3.16. The molecule has 1 amide bonds. The first-order valence-corrected chi connectivity index (χ1v) is 9.92. The van der Waals surface area contributed by atoms with Crippen molar-refractivity contribution in [1.29, 1.82) is 0 Å². The monoisotopic (exact) mass is 414 g/mol. The molecule has 0 unspecified atom stereocenters. The Balaban J connectivity index is 2.48. The second-order valence-electron chi connectivity index (χ2n) is 6.34. The van der Waals surface area contributed by atoms with Crippen LogP contribution >= 0.6 is 15.9 Å². The number of carbonyl (C=O) groups is 1. The van der Waals surface area contributed by atoms with Crippen LogP contribution in [0.2, 0.25) is 0 Å². The molecule has 0 saturated carbocycles. The first-order valence-electron chi connectivity index (χ1n) is 9.13. The maximum atomic E-state index is 13.1. The number of nitrogens with one attached hydrogen (secondary N) is 1. The number of allylic oxidation sites excluding steroid dienone is 2. The number of halogens is 1. The molecule has 0 saturated heterocycles. The number of aryl methyl sites for hydroxylation is 4. The van der Waals surface area contributed by atoms with E-state index in [4.69, 9.17) is 0 Å². The highest BCUT2D eigenvalue weighted by molar-refractivity contribution is 9.10. The number of carbonyl (C=O) groups excluding carboxylic acids is 1. The molecule has 1 heterocycles. The second kappa shape index (κ2) is 9.13. The molecule has 1 aromatic heterocycles. The average Bonchev–Trinajstić information content (AvgIpc) is 2.61. The number of anilines is 1. The zero-order valence-electron chi connectivity index (χ0n) is 16.2. The molecule has 2 rings (SSSR count). The normalized spacial score (nSPS) is 11.2. The van der Waals surface area contributed by atoms with Crippen LogP contribution in [0.4, 0.5) is 5.69 Å². The fourth-order valence-corrected chi connectivity index (χ4v) is 4.08. The second-order valence-corrected chi connectivity index (χ2v) is 7.13. The van der Waals surface area contributed by atoms with Gasteiger partial charge in [0.15, 0.2) is 0 Å². The van der Waals surface area contributed by atoms with E-state index < -0.39 is 0 Å². The lowest BCUT2D eigenvalue weighted by atomic mass is 10.0. The third-order valence-electron chi connectivity index (χ3n) is 4.64. The van der Waals surface area contributed by atoms with Crippen LogP contribution in [0.1, 0.15) is 59.2 Å². The molecule has 1 aromatic carbocycles. The van der Waals surface area contributed by atoms with E-state index in [1.165, 1.54) is 0 Å². The Hall–Kier alpha value is -1.94. The molecule has 138 valence electrons. The molecule has 26 heavy (non-hydrogen) atoms. The number of nitrogens with zero attached hydrogens (tertiary/aromatic N) is 1. The van der Waals surface area contributed by atoms with Crippen molar-refractivity contribution in [3.8, 4) is 0 Å². The molecule has 0 aliphatic rings. The molecule has 0 bridgehead atoms. The largest absolute Gasteiger partial charge is 0.321 e. The smallest absolute Gasteiger partial charge is 0.258 e. The lowest BCUT2D eigenvalue weighted by Gasteiger charge is -2.17. The molecule has 4 heteroatoms. The predicted octanol–water partition coefficient (Wildman–Crippen LogP) is 5.96. The Morgan fingerprint density at radius 1 is 1.15 bits per heavy atom. The average molecular weight is 415 g/mol. The number of para-hydroxylation sites is 1. The minimum absolute atomic E-state index is 0.112. The molecule has 3 nitrogen and oxygen atoms in total. The van der Waals surface area contributed by atoms with Crippen LogP contribution in [0, 0.1) is 13.8 Å². The summed E-state index contributed by atoms with van der Waals surface area (Å²) in [5.74, 6) is -0.112. The first-order chi connectivity index (χ1) is 12.4. The maximum Gasteiger partial charge on any atom is 0.258 e. The van der Waals surface area contributed by atoms with Gasteiger partial charge in [-0.05, 0) is 72.7 Å². The first kappa shape index (κ1) is 20.4. The molecular formula is C22H27BrN2O. The molecule has 2 aromatic rings. The van der Waals surface area contributed by atoms with Crippen LogP contribution in [0.15, 0.2) is 34.8 Å². The quantitative estimate of drug-likeness (QED) is 0.592. The van der Waals surface area contributed by atoms with Gasteiger partial charge in [0.05, 0.1) is 11.3 Å². The van der Waals surface area contributed by atoms with Crippen molar-refractivity contribution in [2.75, 3.05) is 5.32 Å². The van der Waals surface area contributed by atoms with Crippen LogP contribution in [0.5, 0.6) is 0 Å². The molecular weight excluding hydrogens is 388 g/mol. The summed E-state index contributed by atoms with van der Waals surface area (Å²) in [4.78, 5) is 17.7. The van der Waals surface area contributed by atoms with Gasteiger partial charge in [0, 0.05) is 15.9 Å². The number of hydrogen-bond donors (Lipinski definition) is 1. The molecule has 0 atom stereocenters. The summed E-state index contributed by atoms with van der Waals surface area (Å²) >= 11 is 3.66. The topological polar surface area (TPSA) is 42.0 Å². The minimum atomic E-state index is -0.112. The minimum Gasteiger partial charge on any atom is -0.321 e. The zero-order valence-corrected chi connectivity index (χ0v) is 17.8. The lowest BCUT2D eigenvalue weighted by Crippen LogP contribution is -2.18. The fraction of sp³-hybridized carbons (Fsp3) is 0.364. The highest BCUT2D eigenvalue weighted by Gasteiger charge is 2.20. The van der Waals surface area contributed by atoms with Crippen LogP contribution in [0.3, 0.4) is 0 Å². The summed E-state index contributed by atoms with van der Waals surface area (Å²) in [5.41, 5.74) is 6.60. The van der Waals surface area contributed by atoms with Gasteiger partial charge in [-0.3, -0.25) is 9.78 Å². The Morgan fingerprint density at radius 2 is 1.77 bits per heavy atom. The standard InChI is InChI=1S/C22H27BrN2O/c1-6-9-13-18-14(4)24-15(5)19(20(18)23)22(26)25-21-16(7-2)11-10-12-17(21)8-3/h6,9-12H,7-8,13H2,1-5H3,(H,25,26)/b9-6+. The summed E-state index contributed by atoms with van der Waals surface area (Å²) in [6, 6.07) is 6.19. The van der Waals surface area contributed by atoms with Crippen molar-refractivity contribution in [3.05, 3.63) is 68.5 Å². The number of amides is 1. The zero-order chi connectivity index (χ0) is 19.3. The van der Waals surface area contributed by atoms with E-state index in [2.05, 4.69) is 64.4 Å². The van der Waals surface area contributed by atoms with Crippen LogP contribution in [-0.2, 0) is 19.3 Å². The Bertz CT molecular complexity index is 818. The van der Waals surface area contributed by atoms with Gasteiger partial charge < -0.3 is 5.32 Å². The van der Waals surface area contributed by atoms with Crippen molar-refractivity contribution in [2.45, 2.75) is 53.9 Å². The number of pyridine rings is 1. The summed E-state index contributed by atoms with van der Waals surface area (Å²) in [6.07, 6.45) is 6.59. The van der Waals surface area contributed by atoms with Crippen molar-refractivity contribution in [3.63, 3.8) is 0 Å². The van der Waals surface area contributed by atoms with Crippen molar-refractivity contribution in [1.82, 2.24) is 4.98 Å². The molecule has 0 aliphatic heterocycles. The van der Waals surface area contributed by atoms with Gasteiger partial charge in [-0.1, -0.05) is 44.2 Å². The van der Waals surface area contributed by atoms with Gasteiger partial charge in [0.25, 0.3) is 5.91 Å². The summed E-state index contributed by atoms with van der Waals surface area (Å²) in [5, 5.41) is 3.15. The number of rotatable bonds is 6. The lowest BCUT2D eigenvalue weighted by molar-refractivity contribution is 0.102. The van der Waals surface area contributed by atoms with E-state index in [9.17, 15) is 4.79 Å². The van der Waals surface area contributed by atoms with Crippen molar-refractivity contribution in [2.24, 2.45) is 0 Å². The molecule has 0 fully saturated rings. The number of benzene rings is 1. The Kier molecular flexibility index (Phi) is 7.15. The third kappa shape index (κ3) is 4.24. The van der Waals surface area contributed by atoms with E-state index in [1.54, 1.807) is 0 Å². The van der Waals surface area contributed by atoms with Crippen LogP contribution < -0.4 is 5.32 Å². The maximum absolute atomic E-state index is 13.1. The molecule has 0 spiro atoms. The number of aromatic nitrogens is 1. The van der Waals surface area contributed by atoms with Gasteiger partial charge >= 0.3 is 0 Å². The van der Waals surface area contributed by atoms with Gasteiger partial charge in [-0.25, -0.2) is 0 Å². The highest BCUT2D eigenvalue weighted by Crippen LogP contribution is 2.29. The van der Waals surface area contributed by atoms with E-state index in [0.717, 1.165) is 57.5 Å². The Labute approximate surface area is 165 Å². The van der Waals surface area contributed by atoms with Crippen molar-refractivity contribution >= 4 is 27.5 Å². The van der Waals surface area contributed by atoms with Gasteiger partial charge in [0.2, 0.25) is 0 Å². The van der Waals surface area contributed by atoms with Gasteiger partial charge in [-0.2, -0.15) is 0 Å². The molecule has 0 radical (unpaired) electrons. The van der Waals surface area contributed by atoms with E-state index >= 15 is 0 Å². The molecule has 0 aliphatic carbocycles. The van der Waals surface area contributed by atoms with Gasteiger partial charge in [0.1, 0.15) is 0 Å².